The van der Waals surface area contributed by atoms with Crippen LogP contribution in [0.4, 0.5) is 0 Å². The molecule has 1 aromatic heterocycles. The predicted molar refractivity (Wildman–Crippen MR) is 132 cm³/mol. The summed E-state index contributed by atoms with van der Waals surface area (Å²) in [6.45, 7) is 3.61. The lowest BCUT2D eigenvalue weighted by atomic mass is 9.94. The third-order valence-electron chi connectivity index (χ3n) is 6.52. The fourth-order valence-electron chi connectivity index (χ4n) is 4.81. The van der Waals surface area contributed by atoms with E-state index in [2.05, 4.69) is 5.10 Å². The summed E-state index contributed by atoms with van der Waals surface area (Å²) >= 11 is 0. The van der Waals surface area contributed by atoms with Gasteiger partial charge in [0, 0.05) is 26.1 Å². The third-order valence-corrected chi connectivity index (χ3v) is 6.52. The number of piperidine rings is 1. The molecule has 4 aromatic rings. The van der Waals surface area contributed by atoms with Crippen LogP contribution in [0.15, 0.2) is 71.5 Å². The number of benzene rings is 3. The van der Waals surface area contributed by atoms with Gasteiger partial charge >= 0.3 is 5.69 Å². The fraction of sp³-hybridized carbons (Fsp3) is 0.296. The van der Waals surface area contributed by atoms with Crippen molar-refractivity contribution in [2.75, 3.05) is 19.7 Å². The number of amides is 1. The van der Waals surface area contributed by atoms with Gasteiger partial charge in [-0.3, -0.25) is 4.79 Å². The van der Waals surface area contributed by atoms with E-state index in [1.54, 1.807) is 11.6 Å². The van der Waals surface area contributed by atoms with Crippen molar-refractivity contribution in [3.63, 3.8) is 0 Å². The van der Waals surface area contributed by atoms with Crippen LogP contribution in [0.25, 0.3) is 16.5 Å². The lowest BCUT2D eigenvalue weighted by Gasteiger charge is -2.32. The molecule has 1 amide bonds. The van der Waals surface area contributed by atoms with Gasteiger partial charge in [0.1, 0.15) is 11.6 Å². The average molecular weight is 457 g/mol. The molecule has 0 aliphatic carbocycles. The van der Waals surface area contributed by atoms with Gasteiger partial charge in [0.15, 0.2) is 0 Å². The number of fused-ring (bicyclic) bond motifs is 1. The van der Waals surface area contributed by atoms with E-state index < -0.39 is 0 Å². The van der Waals surface area contributed by atoms with Gasteiger partial charge in [-0.15, -0.1) is 0 Å². The molecule has 7 nitrogen and oxygen atoms in total. The summed E-state index contributed by atoms with van der Waals surface area (Å²) in [6.07, 6.45) is 1.48. The van der Waals surface area contributed by atoms with Crippen molar-refractivity contribution in [3.8, 4) is 11.4 Å². The Morgan fingerprint density at radius 3 is 2.44 bits per heavy atom. The quantitative estimate of drug-likeness (QED) is 0.453. The first-order valence-electron chi connectivity index (χ1n) is 11.7. The van der Waals surface area contributed by atoms with E-state index in [9.17, 15) is 9.59 Å². The summed E-state index contributed by atoms with van der Waals surface area (Å²) in [6, 6.07) is 21.4. The molecule has 7 heteroatoms. The van der Waals surface area contributed by atoms with Gasteiger partial charge in [0.2, 0.25) is 0 Å². The molecule has 2 heterocycles. The van der Waals surface area contributed by atoms with Gasteiger partial charge < -0.3 is 9.64 Å². The van der Waals surface area contributed by atoms with Crippen LogP contribution in [0.5, 0.6) is 5.75 Å². The first-order chi connectivity index (χ1) is 16.6. The molecule has 174 valence electrons. The van der Waals surface area contributed by atoms with Gasteiger partial charge in [0.25, 0.3) is 5.91 Å². The van der Waals surface area contributed by atoms with Gasteiger partial charge in [-0.05, 0) is 48.7 Å². The van der Waals surface area contributed by atoms with Crippen molar-refractivity contribution in [2.45, 2.75) is 25.7 Å². The summed E-state index contributed by atoms with van der Waals surface area (Å²) in [7, 11) is 1.68. The second-order valence-electron chi connectivity index (χ2n) is 8.59. The van der Waals surface area contributed by atoms with Crippen LogP contribution in [0.2, 0.25) is 0 Å². The first-order valence-corrected chi connectivity index (χ1v) is 11.7. The van der Waals surface area contributed by atoms with Crippen LogP contribution in [-0.4, -0.2) is 44.9 Å². The minimum atomic E-state index is -0.156. The van der Waals surface area contributed by atoms with E-state index in [0.29, 0.717) is 31.0 Å². The van der Waals surface area contributed by atoms with Crippen LogP contribution >= 0.6 is 0 Å². The molecule has 0 N–H and O–H groups in total. The van der Waals surface area contributed by atoms with Crippen LogP contribution in [0.1, 0.15) is 41.9 Å². The Labute approximate surface area is 198 Å². The molecule has 0 atom stereocenters. The second kappa shape index (κ2) is 9.17. The normalized spacial score (nSPS) is 14.5. The lowest BCUT2D eigenvalue weighted by Crippen LogP contribution is -2.38. The second-order valence-corrected chi connectivity index (χ2v) is 8.59. The standard InChI is InChI=1S/C27H28N4O3/c1-3-34-23-14-13-19-9-7-8-12-22(19)24(23)26(32)30-17-15-20(16-18-30)25-28-29(2)27(33)31(25)21-10-5-4-6-11-21/h4-14,20H,3,15-18H2,1-2H3. The highest BCUT2D eigenvalue weighted by molar-refractivity contribution is 6.09. The van der Waals surface area contributed by atoms with E-state index >= 15 is 0 Å². The molecule has 1 fully saturated rings. The number of aryl methyl sites for hydroxylation is 1. The number of aromatic nitrogens is 3. The largest absolute Gasteiger partial charge is 0.493 e. The Balaban J connectivity index is 1.41. The number of hydrogen-bond acceptors (Lipinski definition) is 4. The van der Waals surface area contributed by atoms with Crippen molar-refractivity contribution in [1.82, 2.24) is 19.2 Å². The van der Waals surface area contributed by atoms with Crippen molar-refractivity contribution in [1.29, 1.82) is 0 Å². The third kappa shape index (κ3) is 3.87. The molecular weight excluding hydrogens is 428 g/mol. The summed E-state index contributed by atoms with van der Waals surface area (Å²) in [4.78, 5) is 28.4. The van der Waals surface area contributed by atoms with E-state index in [1.165, 1.54) is 4.68 Å². The highest BCUT2D eigenvalue weighted by Crippen LogP contribution is 2.33. The molecule has 0 unspecified atom stereocenters. The van der Waals surface area contributed by atoms with E-state index in [4.69, 9.17) is 4.74 Å². The summed E-state index contributed by atoms with van der Waals surface area (Å²) in [5.41, 5.74) is 1.28. The highest BCUT2D eigenvalue weighted by Gasteiger charge is 2.30. The van der Waals surface area contributed by atoms with Crippen LogP contribution in [0.3, 0.4) is 0 Å². The molecule has 3 aromatic carbocycles. The van der Waals surface area contributed by atoms with Crippen molar-refractivity contribution < 1.29 is 9.53 Å². The summed E-state index contributed by atoms with van der Waals surface area (Å²) in [5.74, 6) is 1.46. The minimum absolute atomic E-state index is 0.0137. The fourth-order valence-corrected chi connectivity index (χ4v) is 4.81. The molecule has 0 radical (unpaired) electrons. The van der Waals surface area contributed by atoms with Crippen molar-refractivity contribution in [3.05, 3.63) is 88.6 Å². The minimum Gasteiger partial charge on any atom is -0.493 e. The predicted octanol–water partition coefficient (Wildman–Crippen LogP) is 4.14. The molecule has 5 rings (SSSR count). The number of rotatable bonds is 5. The molecule has 0 bridgehead atoms. The Morgan fingerprint density at radius 2 is 1.71 bits per heavy atom. The zero-order chi connectivity index (χ0) is 23.7. The number of carbonyl (C=O) groups excluding carboxylic acids is 1. The molecule has 1 saturated heterocycles. The zero-order valence-electron chi connectivity index (χ0n) is 19.5. The van der Waals surface area contributed by atoms with E-state index in [0.717, 1.165) is 35.1 Å². The molecular formula is C27H28N4O3. The maximum absolute atomic E-state index is 13.7. The summed E-state index contributed by atoms with van der Waals surface area (Å²) in [5, 5.41) is 6.49. The van der Waals surface area contributed by atoms with Crippen LogP contribution in [-0.2, 0) is 7.05 Å². The van der Waals surface area contributed by atoms with E-state index in [-0.39, 0.29) is 17.5 Å². The van der Waals surface area contributed by atoms with Gasteiger partial charge in [-0.1, -0.05) is 48.5 Å². The Morgan fingerprint density at radius 1 is 1.00 bits per heavy atom. The maximum atomic E-state index is 13.7. The highest BCUT2D eigenvalue weighted by atomic mass is 16.5. The Kier molecular flexibility index (Phi) is 5.92. The van der Waals surface area contributed by atoms with Crippen LogP contribution in [0, 0.1) is 0 Å². The molecule has 0 saturated carbocycles. The molecule has 0 spiro atoms. The average Bonchev–Trinajstić information content (AvgIpc) is 3.18. The number of likely N-dealkylation sites (tertiary alicyclic amines) is 1. The Hall–Kier alpha value is -3.87. The van der Waals surface area contributed by atoms with Crippen molar-refractivity contribution >= 4 is 16.7 Å². The van der Waals surface area contributed by atoms with E-state index in [1.807, 2.05) is 78.6 Å². The van der Waals surface area contributed by atoms with Crippen LogP contribution < -0.4 is 10.4 Å². The maximum Gasteiger partial charge on any atom is 0.350 e. The Bertz CT molecular complexity index is 1380. The zero-order valence-corrected chi connectivity index (χ0v) is 19.5. The molecule has 1 aliphatic rings. The number of hydrogen-bond donors (Lipinski definition) is 0. The molecule has 34 heavy (non-hydrogen) atoms. The number of carbonyl (C=O) groups is 1. The van der Waals surface area contributed by atoms with Gasteiger partial charge in [-0.25, -0.2) is 14.0 Å². The topological polar surface area (TPSA) is 69.4 Å². The van der Waals surface area contributed by atoms with Gasteiger partial charge in [-0.2, -0.15) is 5.10 Å². The van der Waals surface area contributed by atoms with Crippen molar-refractivity contribution in [2.24, 2.45) is 7.05 Å². The first kappa shape index (κ1) is 21.9. The number of ether oxygens (including phenoxy) is 1. The monoisotopic (exact) mass is 456 g/mol. The summed E-state index contributed by atoms with van der Waals surface area (Å²) < 4.78 is 8.92. The SMILES string of the molecule is CCOc1ccc2ccccc2c1C(=O)N1CCC(c2nn(C)c(=O)n2-c2ccccc2)CC1. The van der Waals surface area contributed by atoms with Gasteiger partial charge in [0.05, 0.1) is 17.9 Å². The number of para-hydroxylation sites is 1. The lowest BCUT2D eigenvalue weighted by molar-refractivity contribution is 0.0708. The molecule has 1 aliphatic heterocycles. The number of nitrogens with zero attached hydrogens (tertiary/aromatic N) is 4. The smallest absolute Gasteiger partial charge is 0.350 e.